The van der Waals surface area contributed by atoms with E-state index in [0.29, 0.717) is 17.7 Å². The average Bonchev–Trinajstić information content (AvgIpc) is 2.84. The van der Waals surface area contributed by atoms with Gasteiger partial charge in [-0.05, 0) is 31.7 Å². The first kappa shape index (κ1) is 12.8. The van der Waals surface area contributed by atoms with Crippen LogP contribution < -0.4 is 10.6 Å². The van der Waals surface area contributed by atoms with Crippen LogP contribution in [-0.2, 0) is 0 Å². The number of amidine groups is 1. The van der Waals surface area contributed by atoms with Gasteiger partial charge in [0, 0.05) is 25.4 Å². The molecule has 6 heteroatoms. The second-order valence-corrected chi connectivity index (χ2v) is 4.51. The number of rotatable bonds is 5. The molecule has 0 bridgehead atoms. The van der Waals surface area contributed by atoms with Crippen molar-refractivity contribution in [3.8, 4) is 0 Å². The third kappa shape index (κ3) is 2.76. The van der Waals surface area contributed by atoms with E-state index < -0.39 is 0 Å². The third-order valence-corrected chi connectivity index (χ3v) is 3.25. The lowest BCUT2D eigenvalue weighted by atomic mass is 10.1. The zero-order valence-electron chi connectivity index (χ0n) is 10.3. The summed E-state index contributed by atoms with van der Waals surface area (Å²) in [5.74, 6) is 0.605. The average molecular weight is 249 g/mol. The molecule has 18 heavy (non-hydrogen) atoms. The zero-order chi connectivity index (χ0) is 13.0. The molecule has 98 valence electrons. The Kier molecular flexibility index (Phi) is 4.09. The standard InChI is InChI=1S/C12H19N5O/c13-11(14)10-5-6-15-12(16-10)17-7-1-3-9(17)4-2-8-18/h5-6,9,18H,1-4,7-8H2,(H3,13,14). The first-order valence-electron chi connectivity index (χ1n) is 6.27. The van der Waals surface area contributed by atoms with E-state index in [0.717, 1.165) is 32.2 Å². The zero-order valence-corrected chi connectivity index (χ0v) is 10.3. The Morgan fingerprint density at radius 3 is 3.17 bits per heavy atom. The van der Waals surface area contributed by atoms with Crippen molar-refractivity contribution >= 4 is 11.8 Å². The molecule has 2 heterocycles. The van der Waals surface area contributed by atoms with Gasteiger partial charge >= 0.3 is 0 Å². The Morgan fingerprint density at radius 1 is 1.61 bits per heavy atom. The number of anilines is 1. The number of aromatic nitrogens is 2. The van der Waals surface area contributed by atoms with Crippen molar-refractivity contribution in [1.82, 2.24) is 9.97 Å². The molecule has 1 saturated heterocycles. The van der Waals surface area contributed by atoms with Crippen molar-refractivity contribution in [2.45, 2.75) is 31.7 Å². The van der Waals surface area contributed by atoms with Crippen molar-refractivity contribution in [2.75, 3.05) is 18.1 Å². The number of aliphatic hydroxyl groups excluding tert-OH is 1. The first-order valence-corrected chi connectivity index (χ1v) is 6.27. The van der Waals surface area contributed by atoms with Crippen LogP contribution in [0.25, 0.3) is 0 Å². The molecule has 1 fully saturated rings. The van der Waals surface area contributed by atoms with Crippen LogP contribution in [0.4, 0.5) is 5.95 Å². The molecule has 1 aromatic heterocycles. The predicted molar refractivity (Wildman–Crippen MR) is 69.7 cm³/mol. The molecule has 1 atom stereocenters. The third-order valence-electron chi connectivity index (χ3n) is 3.25. The molecule has 0 aromatic carbocycles. The molecule has 6 nitrogen and oxygen atoms in total. The first-order chi connectivity index (χ1) is 8.72. The molecule has 0 spiro atoms. The summed E-state index contributed by atoms with van der Waals surface area (Å²) in [6, 6.07) is 2.03. The van der Waals surface area contributed by atoms with Crippen molar-refractivity contribution in [1.29, 1.82) is 5.41 Å². The Labute approximate surface area is 106 Å². The molecule has 1 unspecified atom stereocenters. The van der Waals surface area contributed by atoms with Crippen LogP contribution in [0.3, 0.4) is 0 Å². The molecule has 1 aromatic rings. The van der Waals surface area contributed by atoms with Crippen molar-refractivity contribution in [3.05, 3.63) is 18.0 Å². The van der Waals surface area contributed by atoms with Crippen LogP contribution >= 0.6 is 0 Å². The summed E-state index contributed by atoms with van der Waals surface area (Å²) < 4.78 is 0. The quantitative estimate of drug-likeness (QED) is 0.521. The summed E-state index contributed by atoms with van der Waals surface area (Å²) in [4.78, 5) is 10.7. The van der Waals surface area contributed by atoms with Gasteiger partial charge < -0.3 is 15.7 Å². The van der Waals surface area contributed by atoms with Gasteiger partial charge in [0.15, 0.2) is 0 Å². The van der Waals surface area contributed by atoms with Gasteiger partial charge in [-0.25, -0.2) is 9.97 Å². The summed E-state index contributed by atoms with van der Waals surface area (Å²) in [5, 5.41) is 16.3. The molecule has 4 N–H and O–H groups in total. The van der Waals surface area contributed by atoms with Crippen LogP contribution in [0, 0.1) is 5.41 Å². The summed E-state index contributed by atoms with van der Waals surface area (Å²) in [6.45, 7) is 1.15. The van der Waals surface area contributed by atoms with Crippen molar-refractivity contribution < 1.29 is 5.11 Å². The van der Waals surface area contributed by atoms with Crippen LogP contribution in [0.15, 0.2) is 12.3 Å². The van der Waals surface area contributed by atoms with E-state index in [4.69, 9.17) is 16.2 Å². The Bertz CT molecular complexity index is 423. The highest BCUT2D eigenvalue weighted by Gasteiger charge is 2.26. The minimum atomic E-state index is -0.0373. The highest BCUT2D eigenvalue weighted by Crippen LogP contribution is 2.25. The van der Waals surface area contributed by atoms with Gasteiger partial charge in [0.1, 0.15) is 11.5 Å². The van der Waals surface area contributed by atoms with E-state index in [2.05, 4.69) is 14.9 Å². The van der Waals surface area contributed by atoms with E-state index in [1.165, 1.54) is 0 Å². The molecule has 1 aliphatic heterocycles. The molecular formula is C12H19N5O. The maximum Gasteiger partial charge on any atom is 0.226 e. The monoisotopic (exact) mass is 249 g/mol. The van der Waals surface area contributed by atoms with Crippen LogP contribution in [0.1, 0.15) is 31.4 Å². The van der Waals surface area contributed by atoms with E-state index in [9.17, 15) is 0 Å². The molecule has 1 aliphatic rings. The minimum Gasteiger partial charge on any atom is -0.396 e. The van der Waals surface area contributed by atoms with E-state index in [1.54, 1.807) is 12.3 Å². The van der Waals surface area contributed by atoms with Crippen molar-refractivity contribution in [3.63, 3.8) is 0 Å². The normalized spacial score (nSPS) is 19.2. The van der Waals surface area contributed by atoms with Gasteiger partial charge in [0.05, 0.1) is 0 Å². The Hall–Kier alpha value is -1.69. The van der Waals surface area contributed by atoms with Crippen molar-refractivity contribution in [2.24, 2.45) is 5.73 Å². The second kappa shape index (κ2) is 5.77. The number of hydrogen-bond acceptors (Lipinski definition) is 5. The maximum absolute atomic E-state index is 8.91. The van der Waals surface area contributed by atoms with E-state index >= 15 is 0 Å². The minimum absolute atomic E-state index is 0.0373. The largest absolute Gasteiger partial charge is 0.396 e. The lowest BCUT2D eigenvalue weighted by Gasteiger charge is -2.24. The fourth-order valence-corrected chi connectivity index (χ4v) is 2.36. The number of nitrogens with one attached hydrogen (secondary N) is 1. The van der Waals surface area contributed by atoms with Gasteiger partial charge in [-0.2, -0.15) is 0 Å². The van der Waals surface area contributed by atoms with Gasteiger partial charge in [-0.3, -0.25) is 5.41 Å². The fourth-order valence-electron chi connectivity index (χ4n) is 2.36. The van der Waals surface area contributed by atoms with Crippen LogP contribution in [0.5, 0.6) is 0 Å². The number of aliphatic hydroxyl groups is 1. The van der Waals surface area contributed by atoms with Crippen LogP contribution in [0.2, 0.25) is 0 Å². The number of nitrogens with zero attached hydrogens (tertiary/aromatic N) is 3. The summed E-state index contributed by atoms with van der Waals surface area (Å²) >= 11 is 0. The summed E-state index contributed by atoms with van der Waals surface area (Å²) in [6.07, 6.45) is 5.61. The summed E-state index contributed by atoms with van der Waals surface area (Å²) in [5.41, 5.74) is 5.90. The molecule has 2 rings (SSSR count). The number of hydrogen-bond donors (Lipinski definition) is 3. The number of nitrogen functional groups attached to an aromatic ring is 1. The molecular weight excluding hydrogens is 230 g/mol. The smallest absolute Gasteiger partial charge is 0.226 e. The highest BCUT2D eigenvalue weighted by atomic mass is 16.2. The lowest BCUT2D eigenvalue weighted by molar-refractivity contribution is 0.279. The summed E-state index contributed by atoms with van der Waals surface area (Å²) in [7, 11) is 0. The lowest BCUT2D eigenvalue weighted by Crippen LogP contribution is -2.31. The molecule has 0 radical (unpaired) electrons. The van der Waals surface area contributed by atoms with Crippen LogP contribution in [-0.4, -0.2) is 40.1 Å². The van der Waals surface area contributed by atoms with Gasteiger partial charge in [-0.1, -0.05) is 0 Å². The second-order valence-electron chi connectivity index (χ2n) is 4.51. The highest BCUT2D eigenvalue weighted by molar-refractivity contribution is 5.93. The maximum atomic E-state index is 8.91. The number of nitrogens with two attached hydrogens (primary N) is 1. The Morgan fingerprint density at radius 2 is 2.44 bits per heavy atom. The van der Waals surface area contributed by atoms with E-state index in [-0.39, 0.29) is 12.4 Å². The molecule has 0 amide bonds. The topological polar surface area (TPSA) is 99.1 Å². The Balaban J connectivity index is 2.14. The SMILES string of the molecule is N=C(N)c1ccnc(N2CCCC2CCCO)n1. The predicted octanol–water partition coefficient (Wildman–Crippen LogP) is 0.502. The molecule has 0 saturated carbocycles. The van der Waals surface area contributed by atoms with Gasteiger partial charge in [-0.15, -0.1) is 0 Å². The fraction of sp³-hybridized carbons (Fsp3) is 0.583. The molecule has 0 aliphatic carbocycles. The van der Waals surface area contributed by atoms with Gasteiger partial charge in [0.25, 0.3) is 0 Å². The van der Waals surface area contributed by atoms with Gasteiger partial charge in [0.2, 0.25) is 5.95 Å². The van der Waals surface area contributed by atoms with E-state index in [1.807, 2.05) is 0 Å².